The van der Waals surface area contributed by atoms with Crippen LogP contribution in [-0.2, 0) is 0 Å². The van der Waals surface area contributed by atoms with Crippen molar-refractivity contribution in [3.63, 3.8) is 0 Å². The molecule has 0 bridgehead atoms. The van der Waals surface area contributed by atoms with Crippen molar-refractivity contribution in [2.45, 2.75) is 6.92 Å². The number of hydrogen-bond acceptors (Lipinski definition) is 2. The molecule has 0 aliphatic heterocycles. The second-order valence-electron chi connectivity index (χ2n) is 5.02. The van der Waals surface area contributed by atoms with Crippen LogP contribution in [0, 0.1) is 18.6 Å². The first-order chi connectivity index (χ1) is 10.5. The van der Waals surface area contributed by atoms with Crippen LogP contribution < -0.4 is 4.74 Å². The molecule has 0 atom stereocenters. The summed E-state index contributed by atoms with van der Waals surface area (Å²) in [7, 11) is 1.59. The zero-order chi connectivity index (χ0) is 16.1. The number of nitrogens with zero attached hydrogens (tertiary/aromatic N) is 1. The van der Waals surface area contributed by atoms with E-state index in [4.69, 9.17) is 4.74 Å². The van der Waals surface area contributed by atoms with Crippen LogP contribution in [0.15, 0.2) is 42.5 Å². The third-order valence-corrected chi connectivity index (χ3v) is 3.23. The van der Waals surface area contributed by atoms with E-state index in [0.29, 0.717) is 13.2 Å². The molecule has 0 saturated carbocycles. The second kappa shape index (κ2) is 7.02. The molecule has 116 valence electrons. The molecule has 0 aromatic heterocycles. The number of likely N-dealkylation sites (N-methyl/N-ethyl adjacent to an activating group) is 1. The summed E-state index contributed by atoms with van der Waals surface area (Å²) in [5.41, 5.74) is 1.25. The largest absolute Gasteiger partial charge is 0.492 e. The van der Waals surface area contributed by atoms with E-state index in [1.807, 2.05) is 31.2 Å². The molecule has 2 aromatic rings. The smallest absolute Gasteiger partial charge is 0.253 e. The van der Waals surface area contributed by atoms with Gasteiger partial charge in [0.1, 0.15) is 12.4 Å². The number of hydrogen-bond donors (Lipinski definition) is 0. The summed E-state index contributed by atoms with van der Waals surface area (Å²) in [4.78, 5) is 13.5. The molecule has 0 unspecified atom stereocenters. The van der Waals surface area contributed by atoms with E-state index in [9.17, 15) is 13.6 Å². The number of aryl methyl sites for hydroxylation is 1. The van der Waals surface area contributed by atoms with E-state index in [-0.39, 0.29) is 11.5 Å². The predicted octanol–water partition coefficient (Wildman–Crippen LogP) is 3.42. The maximum Gasteiger partial charge on any atom is 0.253 e. The lowest BCUT2D eigenvalue weighted by atomic mass is 10.2. The van der Waals surface area contributed by atoms with Gasteiger partial charge in [-0.15, -0.1) is 0 Å². The number of carbonyl (C=O) groups excluding carboxylic acids is 1. The van der Waals surface area contributed by atoms with Gasteiger partial charge in [0.2, 0.25) is 0 Å². The molecular weight excluding hydrogens is 288 g/mol. The quantitative estimate of drug-likeness (QED) is 0.847. The minimum absolute atomic E-state index is 0.108. The Balaban J connectivity index is 1.88. The van der Waals surface area contributed by atoms with Gasteiger partial charge in [-0.2, -0.15) is 0 Å². The lowest BCUT2D eigenvalue weighted by molar-refractivity contribution is 0.0773. The van der Waals surface area contributed by atoms with Gasteiger partial charge in [0.05, 0.1) is 6.54 Å². The summed E-state index contributed by atoms with van der Waals surface area (Å²) in [6, 6.07) is 10.7. The summed E-state index contributed by atoms with van der Waals surface area (Å²) in [6.45, 7) is 2.64. The molecule has 0 N–H and O–H groups in total. The predicted molar refractivity (Wildman–Crippen MR) is 80.0 cm³/mol. The number of ether oxygens (including phenoxy) is 1. The fourth-order valence-corrected chi connectivity index (χ4v) is 1.89. The van der Waals surface area contributed by atoms with Crippen LogP contribution in [0.5, 0.6) is 5.75 Å². The first-order valence-corrected chi connectivity index (χ1v) is 6.87. The zero-order valence-electron chi connectivity index (χ0n) is 12.5. The van der Waals surface area contributed by atoms with Crippen LogP contribution in [-0.4, -0.2) is 31.0 Å². The molecule has 0 spiro atoms. The average molecular weight is 305 g/mol. The van der Waals surface area contributed by atoms with Crippen molar-refractivity contribution in [2.24, 2.45) is 0 Å². The summed E-state index contributed by atoms with van der Waals surface area (Å²) in [5, 5.41) is 0. The van der Waals surface area contributed by atoms with Crippen LogP contribution in [0.4, 0.5) is 8.78 Å². The van der Waals surface area contributed by atoms with Crippen LogP contribution in [0.25, 0.3) is 0 Å². The molecular formula is C17H17F2NO2. The third-order valence-electron chi connectivity index (χ3n) is 3.23. The molecule has 22 heavy (non-hydrogen) atoms. The number of benzene rings is 2. The first-order valence-electron chi connectivity index (χ1n) is 6.87. The van der Waals surface area contributed by atoms with Gasteiger partial charge in [0, 0.05) is 12.6 Å². The highest BCUT2D eigenvalue weighted by molar-refractivity contribution is 5.94. The van der Waals surface area contributed by atoms with Crippen molar-refractivity contribution in [3.05, 3.63) is 65.2 Å². The van der Waals surface area contributed by atoms with Gasteiger partial charge in [-0.05, 0) is 37.3 Å². The highest BCUT2D eigenvalue weighted by Crippen LogP contribution is 2.12. The fourth-order valence-electron chi connectivity index (χ4n) is 1.89. The molecule has 0 aliphatic rings. The Kier molecular flexibility index (Phi) is 5.09. The van der Waals surface area contributed by atoms with Crippen LogP contribution in [0.2, 0.25) is 0 Å². The van der Waals surface area contributed by atoms with E-state index in [1.54, 1.807) is 7.05 Å². The van der Waals surface area contributed by atoms with Gasteiger partial charge in [0.15, 0.2) is 11.6 Å². The topological polar surface area (TPSA) is 29.5 Å². The number of amides is 1. The minimum atomic E-state index is -1.03. The van der Waals surface area contributed by atoms with E-state index in [1.165, 1.54) is 11.0 Å². The van der Waals surface area contributed by atoms with Crippen molar-refractivity contribution in [2.75, 3.05) is 20.2 Å². The van der Waals surface area contributed by atoms with Crippen molar-refractivity contribution < 1.29 is 18.3 Å². The summed E-state index contributed by atoms with van der Waals surface area (Å²) in [5.74, 6) is -1.66. The van der Waals surface area contributed by atoms with E-state index in [0.717, 1.165) is 23.4 Å². The Morgan fingerprint density at radius 1 is 1.09 bits per heavy atom. The fraction of sp³-hybridized carbons (Fsp3) is 0.235. The Morgan fingerprint density at radius 3 is 2.41 bits per heavy atom. The van der Waals surface area contributed by atoms with Crippen LogP contribution in [0.1, 0.15) is 15.9 Å². The molecule has 0 aliphatic carbocycles. The Labute approximate surface area is 128 Å². The molecule has 1 amide bonds. The molecule has 2 rings (SSSR count). The normalized spacial score (nSPS) is 10.4. The van der Waals surface area contributed by atoms with Crippen LogP contribution >= 0.6 is 0 Å². The lowest BCUT2D eigenvalue weighted by Gasteiger charge is -2.17. The highest BCUT2D eigenvalue weighted by Gasteiger charge is 2.14. The molecule has 0 fully saturated rings. The Bertz CT molecular complexity index is 656. The average Bonchev–Trinajstić information content (AvgIpc) is 2.51. The number of rotatable bonds is 5. The standard InChI is InChI=1S/C17H17F2NO2/c1-12-3-6-14(7-4-12)22-10-9-20(2)17(21)13-5-8-15(18)16(19)11-13/h3-8,11H,9-10H2,1-2H3. The van der Waals surface area contributed by atoms with Gasteiger partial charge >= 0.3 is 0 Å². The monoisotopic (exact) mass is 305 g/mol. The Hall–Kier alpha value is -2.43. The third kappa shape index (κ3) is 4.04. The highest BCUT2D eigenvalue weighted by atomic mass is 19.2. The maximum atomic E-state index is 13.1. The molecule has 0 radical (unpaired) electrons. The van der Waals surface area contributed by atoms with Gasteiger partial charge in [-0.3, -0.25) is 4.79 Å². The lowest BCUT2D eigenvalue weighted by Crippen LogP contribution is -2.31. The molecule has 0 saturated heterocycles. The summed E-state index contributed by atoms with van der Waals surface area (Å²) >= 11 is 0. The van der Waals surface area contributed by atoms with Gasteiger partial charge in [-0.25, -0.2) is 8.78 Å². The van der Waals surface area contributed by atoms with E-state index in [2.05, 4.69) is 0 Å². The molecule has 3 nitrogen and oxygen atoms in total. The summed E-state index contributed by atoms with van der Waals surface area (Å²) in [6.07, 6.45) is 0. The van der Waals surface area contributed by atoms with Gasteiger partial charge in [-0.1, -0.05) is 17.7 Å². The number of halogens is 2. The van der Waals surface area contributed by atoms with Crippen molar-refractivity contribution in [1.82, 2.24) is 4.90 Å². The van der Waals surface area contributed by atoms with Crippen LogP contribution in [0.3, 0.4) is 0 Å². The number of carbonyl (C=O) groups is 1. The van der Waals surface area contributed by atoms with Gasteiger partial charge in [0.25, 0.3) is 5.91 Å². The Morgan fingerprint density at radius 2 is 1.77 bits per heavy atom. The molecule has 2 aromatic carbocycles. The second-order valence-corrected chi connectivity index (χ2v) is 5.02. The van der Waals surface area contributed by atoms with Crippen molar-refractivity contribution >= 4 is 5.91 Å². The van der Waals surface area contributed by atoms with Crippen molar-refractivity contribution in [3.8, 4) is 5.75 Å². The minimum Gasteiger partial charge on any atom is -0.492 e. The van der Waals surface area contributed by atoms with Crippen molar-refractivity contribution in [1.29, 1.82) is 0 Å². The molecule has 0 heterocycles. The SMILES string of the molecule is Cc1ccc(OCCN(C)C(=O)c2ccc(F)c(F)c2)cc1. The van der Waals surface area contributed by atoms with Gasteiger partial charge < -0.3 is 9.64 Å². The molecule has 5 heteroatoms. The maximum absolute atomic E-state index is 13.1. The first kappa shape index (κ1) is 15.9. The van der Waals surface area contributed by atoms with E-state index >= 15 is 0 Å². The van der Waals surface area contributed by atoms with E-state index < -0.39 is 11.6 Å². The summed E-state index contributed by atoms with van der Waals surface area (Å²) < 4.78 is 31.5. The zero-order valence-corrected chi connectivity index (χ0v) is 12.5.